The number of aryl methyl sites for hydroxylation is 1. The fourth-order valence-electron chi connectivity index (χ4n) is 4.12. The molecule has 0 radical (unpaired) electrons. The van der Waals surface area contributed by atoms with Gasteiger partial charge in [-0.25, -0.2) is 0 Å². The lowest BCUT2D eigenvalue weighted by molar-refractivity contribution is 0.283. The molecule has 1 aromatic heterocycles. The highest BCUT2D eigenvalue weighted by Gasteiger charge is 2.40. The van der Waals surface area contributed by atoms with Crippen molar-refractivity contribution in [3.05, 3.63) is 23.7 Å². The third-order valence-corrected chi connectivity index (χ3v) is 5.05. The average molecular weight is 233 g/mol. The van der Waals surface area contributed by atoms with Gasteiger partial charge in [0.2, 0.25) is 0 Å². The second-order valence-electron chi connectivity index (χ2n) is 5.94. The van der Waals surface area contributed by atoms with Crippen LogP contribution in [0.15, 0.2) is 16.7 Å². The quantitative estimate of drug-likeness (QED) is 0.858. The van der Waals surface area contributed by atoms with Crippen LogP contribution >= 0.6 is 0 Å². The van der Waals surface area contributed by atoms with Crippen molar-refractivity contribution in [2.45, 2.75) is 45.1 Å². The van der Waals surface area contributed by atoms with Crippen LogP contribution in [0.3, 0.4) is 0 Å². The number of furan rings is 1. The summed E-state index contributed by atoms with van der Waals surface area (Å²) in [5, 5.41) is 3.47. The van der Waals surface area contributed by atoms with Crippen LogP contribution < -0.4 is 5.32 Å². The number of hydrogen-bond acceptors (Lipinski definition) is 2. The van der Waals surface area contributed by atoms with Gasteiger partial charge in [0.25, 0.3) is 0 Å². The molecule has 1 aromatic rings. The highest BCUT2D eigenvalue weighted by atomic mass is 16.3. The zero-order chi connectivity index (χ0) is 11.8. The molecule has 94 valence electrons. The Bertz CT molecular complexity index is 384. The Kier molecular flexibility index (Phi) is 2.99. The van der Waals surface area contributed by atoms with Gasteiger partial charge in [-0.05, 0) is 63.5 Å². The summed E-state index contributed by atoms with van der Waals surface area (Å²) >= 11 is 0. The van der Waals surface area contributed by atoms with Crippen LogP contribution in [0.5, 0.6) is 0 Å². The monoisotopic (exact) mass is 233 g/mol. The van der Waals surface area contributed by atoms with E-state index in [1.807, 2.05) is 6.26 Å². The first kappa shape index (κ1) is 11.3. The van der Waals surface area contributed by atoms with E-state index < -0.39 is 0 Å². The summed E-state index contributed by atoms with van der Waals surface area (Å²) in [5.74, 6) is 4.09. The van der Waals surface area contributed by atoms with Crippen molar-refractivity contribution < 1.29 is 4.42 Å². The van der Waals surface area contributed by atoms with Gasteiger partial charge in [-0.3, -0.25) is 0 Å². The maximum absolute atomic E-state index is 5.43. The van der Waals surface area contributed by atoms with Crippen molar-refractivity contribution >= 4 is 0 Å². The topological polar surface area (TPSA) is 25.2 Å². The molecule has 4 unspecified atom stereocenters. The lowest BCUT2D eigenvalue weighted by Gasteiger charge is -2.26. The van der Waals surface area contributed by atoms with E-state index >= 15 is 0 Å². The summed E-state index contributed by atoms with van der Waals surface area (Å²) in [5.41, 5.74) is 1.36. The molecule has 0 amide bonds. The maximum Gasteiger partial charge on any atom is 0.105 e. The molecule has 3 rings (SSSR count). The molecule has 2 nitrogen and oxygen atoms in total. The molecule has 0 aliphatic heterocycles. The Morgan fingerprint density at radius 3 is 2.82 bits per heavy atom. The molecule has 2 saturated carbocycles. The minimum absolute atomic E-state index is 0.484. The fourth-order valence-corrected chi connectivity index (χ4v) is 4.12. The van der Waals surface area contributed by atoms with Gasteiger partial charge in [0.15, 0.2) is 0 Å². The van der Waals surface area contributed by atoms with E-state index in [1.54, 1.807) is 0 Å². The van der Waals surface area contributed by atoms with Crippen LogP contribution in [0, 0.1) is 24.7 Å². The van der Waals surface area contributed by atoms with Gasteiger partial charge in [0.1, 0.15) is 5.76 Å². The summed E-state index contributed by atoms with van der Waals surface area (Å²) in [6, 6.07) is 2.61. The number of rotatable bonds is 4. The van der Waals surface area contributed by atoms with Crippen molar-refractivity contribution in [3.63, 3.8) is 0 Å². The Hall–Kier alpha value is -0.760. The Morgan fingerprint density at radius 1 is 1.41 bits per heavy atom. The lowest BCUT2D eigenvalue weighted by Crippen LogP contribution is -2.22. The third kappa shape index (κ3) is 2.03. The summed E-state index contributed by atoms with van der Waals surface area (Å²) in [4.78, 5) is 0. The van der Waals surface area contributed by atoms with Gasteiger partial charge in [-0.15, -0.1) is 0 Å². The van der Waals surface area contributed by atoms with Crippen LogP contribution in [0.1, 0.15) is 49.5 Å². The van der Waals surface area contributed by atoms with E-state index in [0.29, 0.717) is 6.04 Å². The second-order valence-corrected chi connectivity index (χ2v) is 5.94. The molecule has 2 heteroatoms. The van der Waals surface area contributed by atoms with Gasteiger partial charge in [-0.2, -0.15) is 0 Å². The largest absolute Gasteiger partial charge is 0.469 e. The summed E-state index contributed by atoms with van der Waals surface area (Å²) in [7, 11) is 2.07. The van der Waals surface area contributed by atoms with Gasteiger partial charge < -0.3 is 9.73 Å². The first-order chi connectivity index (χ1) is 8.28. The van der Waals surface area contributed by atoms with Gasteiger partial charge in [-0.1, -0.05) is 6.42 Å². The fraction of sp³-hybridized carbons (Fsp3) is 0.733. The van der Waals surface area contributed by atoms with Gasteiger partial charge in [0.05, 0.1) is 6.26 Å². The predicted molar refractivity (Wildman–Crippen MR) is 68.8 cm³/mol. The molecular weight excluding hydrogens is 210 g/mol. The van der Waals surface area contributed by atoms with Crippen LogP contribution in [-0.2, 0) is 0 Å². The predicted octanol–water partition coefficient (Wildman–Crippen LogP) is 3.67. The summed E-state index contributed by atoms with van der Waals surface area (Å²) in [6.07, 6.45) is 9.06. The van der Waals surface area contributed by atoms with Gasteiger partial charge >= 0.3 is 0 Å². The molecule has 2 bridgehead atoms. The van der Waals surface area contributed by atoms with E-state index in [9.17, 15) is 0 Å². The Morgan fingerprint density at radius 2 is 2.29 bits per heavy atom. The van der Waals surface area contributed by atoms with Crippen molar-refractivity contribution in [3.8, 4) is 0 Å². The molecule has 2 aliphatic rings. The first-order valence-electron chi connectivity index (χ1n) is 6.99. The molecule has 2 fully saturated rings. The molecule has 0 aromatic carbocycles. The summed E-state index contributed by atoms with van der Waals surface area (Å²) < 4.78 is 5.43. The zero-order valence-corrected chi connectivity index (χ0v) is 10.9. The van der Waals surface area contributed by atoms with E-state index in [2.05, 4.69) is 25.4 Å². The van der Waals surface area contributed by atoms with Crippen molar-refractivity contribution in [1.29, 1.82) is 0 Å². The van der Waals surface area contributed by atoms with Crippen LogP contribution in [0.25, 0.3) is 0 Å². The Labute approximate surface area is 104 Å². The SMILES string of the molecule is CNC(CC1CC2CCC1C2)c1ccoc1C. The summed E-state index contributed by atoms with van der Waals surface area (Å²) in [6.45, 7) is 2.07. The number of nitrogens with one attached hydrogen (secondary N) is 1. The second kappa shape index (κ2) is 4.49. The third-order valence-electron chi connectivity index (χ3n) is 5.05. The van der Waals surface area contributed by atoms with Crippen LogP contribution in [-0.4, -0.2) is 7.05 Å². The van der Waals surface area contributed by atoms with E-state index in [4.69, 9.17) is 4.42 Å². The van der Waals surface area contributed by atoms with E-state index in [1.165, 1.54) is 37.7 Å². The number of hydrogen-bond donors (Lipinski definition) is 1. The highest BCUT2D eigenvalue weighted by Crippen LogP contribution is 2.51. The first-order valence-corrected chi connectivity index (χ1v) is 6.99. The molecule has 1 heterocycles. The minimum Gasteiger partial charge on any atom is -0.469 e. The maximum atomic E-state index is 5.43. The van der Waals surface area contributed by atoms with Crippen molar-refractivity contribution in [2.75, 3.05) is 7.05 Å². The van der Waals surface area contributed by atoms with E-state index in [0.717, 1.165) is 23.5 Å². The lowest BCUT2D eigenvalue weighted by atomic mass is 9.83. The smallest absolute Gasteiger partial charge is 0.105 e. The van der Waals surface area contributed by atoms with Crippen molar-refractivity contribution in [1.82, 2.24) is 5.32 Å². The highest BCUT2D eigenvalue weighted by molar-refractivity contribution is 5.20. The molecule has 0 saturated heterocycles. The molecular formula is C15H23NO. The molecule has 1 N–H and O–H groups in total. The van der Waals surface area contributed by atoms with Crippen LogP contribution in [0.2, 0.25) is 0 Å². The zero-order valence-electron chi connectivity index (χ0n) is 10.9. The normalized spacial score (nSPS) is 33.2. The van der Waals surface area contributed by atoms with E-state index in [-0.39, 0.29) is 0 Å². The standard InChI is InChI=1S/C15H23NO/c1-10-14(5-6-17-10)15(16-2)9-13-8-11-3-4-12(13)7-11/h5-6,11-13,15-16H,3-4,7-9H2,1-2H3. The molecule has 4 atom stereocenters. The number of fused-ring (bicyclic) bond motifs is 2. The van der Waals surface area contributed by atoms with Crippen molar-refractivity contribution in [2.24, 2.45) is 17.8 Å². The van der Waals surface area contributed by atoms with Crippen LogP contribution in [0.4, 0.5) is 0 Å². The average Bonchev–Trinajstić information content (AvgIpc) is 3.02. The minimum atomic E-state index is 0.484. The molecule has 0 spiro atoms. The van der Waals surface area contributed by atoms with Gasteiger partial charge in [0, 0.05) is 11.6 Å². The molecule has 17 heavy (non-hydrogen) atoms. The molecule has 2 aliphatic carbocycles. The Balaban J connectivity index is 1.69.